The number of anilines is 1. The number of hydrogen-bond donors (Lipinski definition) is 1. The lowest BCUT2D eigenvalue weighted by Gasteiger charge is -2.39. The zero-order chi connectivity index (χ0) is 15.5. The van der Waals surface area contributed by atoms with E-state index >= 15 is 0 Å². The molecule has 0 aromatic carbocycles. The molecule has 2 saturated heterocycles. The van der Waals surface area contributed by atoms with E-state index in [9.17, 15) is 0 Å². The second-order valence-corrected chi connectivity index (χ2v) is 7.33. The number of nitrogens with zero attached hydrogens (tertiary/aromatic N) is 4. The monoisotopic (exact) mass is 331 g/mol. The maximum Gasteiger partial charge on any atom is 0.222 e. The molecule has 23 heavy (non-hydrogen) atoms. The fourth-order valence-electron chi connectivity index (χ4n) is 3.63. The Hall–Kier alpha value is -1.57. The summed E-state index contributed by atoms with van der Waals surface area (Å²) < 4.78 is 6.24. The van der Waals surface area contributed by atoms with Crippen LogP contribution in [0.15, 0.2) is 30.0 Å². The summed E-state index contributed by atoms with van der Waals surface area (Å²) in [5.74, 6) is 0.689. The quantitative estimate of drug-likeness (QED) is 0.926. The van der Waals surface area contributed by atoms with Gasteiger partial charge in [0.05, 0.1) is 24.8 Å². The molecule has 2 fully saturated rings. The van der Waals surface area contributed by atoms with Crippen molar-refractivity contribution in [3.8, 4) is 0 Å². The Morgan fingerprint density at radius 3 is 3.04 bits per heavy atom. The number of ether oxygens (including phenoxy) is 1. The Morgan fingerprint density at radius 1 is 1.30 bits per heavy atom. The average molecular weight is 331 g/mol. The van der Waals surface area contributed by atoms with Crippen molar-refractivity contribution in [3.63, 3.8) is 0 Å². The third-order valence-corrected chi connectivity index (χ3v) is 5.33. The third-order valence-electron chi connectivity index (χ3n) is 4.57. The summed E-state index contributed by atoms with van der Waals surface area (Å²) in [6.45, 7) is 3.77. The molecular formula is C16H21N5OS. The highest BCUT2D eigenvalue weighted by Crippen LogP contribution is 2.36. The van der Waals surface area contributed by atoms with Crippen molar-refractivity contribution in [2.45, 2.75) is 37.5 Å². The minimum Gasteiger partial charge on any atom is -0.371 e. The normalized spacial score (nSPS) is 28.3. The topological polar surface area (TPSA) is 63.2 Å². The molecule has 2 aromatic rings. The molecule has 0 unspecified atom stereocenters. The van der Waals surface area contributed by atoms with Crippen LogP contribution in [-0.2, 0) is 11.3 Å². The molecule has 122 valence electrons. The fraction of sp³-hybridized carbons (Fsp3) is 0.562. The van der Waals surface area contributed by atoms with Crippen LogP contribution in [0.5, 0.6) is 0 Å². The molecule has 0 radical (unpaired) electrons. The summed E-state index contributed by atoms with van der Waals surface area (Å²) in [4.78, 5) is 15.4. The summed E-state index contributed by atoms with van der Waals surface area (Å²) in [6.07, 6.45) is 8.73. The van der Waals surface area contributed by atoms with Gasteiger partial charge in [0.1, 0.15) is 5.01 Å². The van der Waals surface area contributed by atoms with Gasteiger partial charge >= 0.3 is 0 Å². The van der Waals surface area contributed by atoms with Gasteiger partial charge < -0.3 is 10.1 Å². The van der Waals surface area contributed by atoms with Gasteiger partial charge in [-0.3, -0.25) is 4.90 Å². The van der Waals surface area contributed by atoms with E-state index in [1.165, 1.54) is 11.4 Å². The van der Waals surface area contributed by atoms with Crippen LogP contribution in [0, 0.1) is 0 Å². The van der Waals surface area contributed by atoms with Gasteiger partial charge in [-0.2, -0.15) is 0 Å². The van der Waals surface area contributed by atoms with Gasteiger partial charge in [0.15, 0.2) is 0 Å². The van der Waals surface area contributed by atoms with Crippen LogP contribution in [-0.4, -0.2) is 51.2 Å². The van der Waals surface area contributed by atoms with Gasteiger partial charge in [-0.25, -0.2) is 15.0 Å². The molecule has 2 aromatic heterocycles. The zero-order valence-electron chi connectivity index (χ0n) is 13.0. The van der Waals surface area contributed by atoms with E-state index in [1.54, 1.807) is 23.7 Å². The van der Waals surface area contributed by atoms with Crippen LogP contribution in [0.25, 0.3) is 0 Å². The molecular weight excluding hydrogens is 310 g/mol. The van der Waals surface area contributed by atoms with E-state index in [0.29, 0.717) is 5.95 Å². The molecule has 0 aliphatic carbocycles. The lowest BCUT2D eigenvalue weighted by Crippen LogP contribution is -2.47. The number of likely N-dealkylation sites (tertiary alicyclic amines) is 1. The van der Waals surface area contributed by atoms with Crippen LogP contribution >= 0.6 is 11.3 Å². The van der Waals surface area contributed by atoms with E-state index < -0.39 is 0 Å². The highest BCUT2D eigenvalue weighted by Gasteiger charge is 2.43. The summed E-state index contributed by atoms with van der Waals surface area (Å²) in [5.41, 5.74) is -0.0258. The third kappa shape index (κ3) is 3.52. The van der Waals surface area contributed by atoms with E-state index in [-0.39, 0.29) is 11.6 Å². The summed E-state index contributed by atoms with van der Waals surface area (Å²) in [5, 5.41) is 6.63. The molecule has 2 aliphatic rings. The maximum atomic E-state index is 6.24. The van der Waals surface area contributed by atoms with Gasteiger partial charge in [-0.15, -0.1) is 11.3 Å². The van der Waals surface area contributed by atoms with Crippen LogP contribution in [0.1, 0.15) is 24.3 Å². The van der Waals surface area contributed by atoms with Crippen molar-refractivity contribution in [1.82, 2.24) is 19.9 Å². The predicted molar refractivity (Wildman–Crippen MR) is 89.4 cm³/mol. The van der Waals surface area contributed by atoms with Crippen molar-refractivity contribution in [3.05, 3.63) is 35.0 Å². The summed E-state index contributed by atoms with van der Waals surface area (Å²) in [7, 11) is 0. The molecule has 2 atom stereocenters. The molecule has 7 heteroatoms. The van der Waals surface area contributed by atoms with E-state index in [0.717, 1.165) is 39.1 Å². The number of nitrogens with one attached hydrogen (secondary N) is 1. The van der Waals surface area contributed by atoms with Crippen LogP contribution in [0.2, 0.25) is 0 Å². The first kappa shape index (κ1) is 15.0. The molecule has 6 nitrogen and oxygen atoms in total. The number of aromatic nitrogens is 3. The van der Waals surface area contributed by atoms with Crippen molar-refractivity contribution in [2.24, 2.45) is 0 Å². The minimum atomic E-state index is -0.0258. The molecule has 1 spiro atoms. The smallest absolute Gasteiger partial charge is 0.222 e. The van der Waals surface area contributed by atoms with Crippen molar-refractivity contribution >= 4 is 17.3 Å². The second kappa shape index (κ2) is 6.51. The Labute approximate surface area is 139 Å². The van der Waals surface area contributed by atoms with E-state index in [4.69, 9.17) is 4.74 Å². The number of thiazole rings is 1. The minimum absolute atomic E-state index is 0.0258. The number of hydrogen-bond acceptors (Lipinski definition) is 7. The van der Waals surface area contributed by atoms with Gasteiger partial charge in [0, 0.05) is 36.9 Å². The largest absolute Gasteiger partial charge is 0.371 e. The average Bonchev–Trinajstić information content (AvgIpc) is 3.19. The van der Waals surface area contributed by atoms with Crippen LogP contribution in [0.4, 0.5) is 5.95 Å². The SMILES string of the molecule is c1cnc(N[C@@H]2CO[C@]3(CCCN(Cc4nccs4)C3)C2)nc1. The number of rotatable bonds is 4. The molecule has 4 rings (SSSR count). The van der Waals surface area contributed by atoms with Crippen molar-refractivity contribution in [1.29, 1.82) is 0 Å². The number of piperidine rings is 1. The van der Waals surface area contributed by atoms with Gasteiger partial charge in [0.2, 0.25) is 5.95 Å². The van der Waals surface area contributed by atoms with E-state index in [1.807, 2.05) is 17.6 Å². The molecule has 0 saturated carbocycles. The summed E-state index contributed by atoms with van der Waals surface area (Å²) in [6, 6.07) is 2.12. The van der Waals surface area contributed by atoms with Crippen LogP contribution in [0.3, 0.4) is 0 Å². The van der Waals surface area contributed by atoms with Crippen molar-refractivity contribution in [2.75, 3.05) is 25.0 Å². The predicted octanol–water partition coefficient (Wildman–Crippen LogP) is 2.17. The summed E-state index contributed by atoms with van der Waals surface area (Å²) >= 11 is 1.73. The van der Waals surface area contributed by atoms with Gasteiger partial charge in [-0.1, -0.05) is 0 Å². The molecule has 4 heterocycles. The first-order chi connectivity index (χ1) is 11.3. The lowest BCUT2D eigenvalue weighted by molar-refractivity contribution is -0.0533. The molecule has 2 aliphatic heterocycles. The van der Waals surface area contributed by atoms with E-state index in [2.05, 4.69) is 25.2 Å². The Kier molecular flexibility index (Phi) is 4.24. The van der Waals surface area contributed by atoms with Gasteiger partial charge in [0.25, 0.3) is 0 Å². The Morgan fingerprint density at radius 2 is 2.22 bits per heavy atom. The Bertz CT molecular complexity index is 623. The molecule has 1 N–H and O–H groups in total. The lowest BCUT2D eigenvalue weighted by atomic mass is 9.88. The van der Waals surface area contributed by atoms with Crippen LogP contribution < -0.4 is 5.32 Å². The highest BCUT2D eigenvalue weighted by atomic mass is 32.1. The fourth-order valence-corrected chi connectivity index (χ4v) is 4.28. The Balaban J connectivity index is 1.37. The second-order valence-electron chi connectivity index (χ2n) is 6.35. The van der Waals surface area contributed by atoms with Crippen molar-refractivity contribution < 1.29 is 4.74 Å². The molecule has 0 amide bonds. The van der Waals surface area contributed by atoms with Gasteiger partial charge in [-0.05, 0) is 25.5 Å². The zero-order valence-corrected chi connectivity index (χ0v) is 13.8. The molecule has 0 bridgehead atoms. The highest BCUT2D eigenvalue weighted by molar-refractivity contribution is 7.09. The standard InChI is InChI=1S/C16H21N5OS/c1-3-16(12-21(7-1)10-14-17-6-8-23-14)9-13(11-22-16)20-15-18-4-2-5-19-15/h2,4-6,8,13H,1,3,7,9-12H2,(H,18,19,20)/t13-,16+/m0/s1. The first-order valence-corrected chi connectivity index (χ1v) is 8.98. The maximum absolute atomic E-state index is 6.24. The first-order valence-electron chi connectivity index (χ1n) is 8.10.